The number of rotatable bonds is 8. The molecule has 1 aliphatic carbocycles. The van der Waals surface area contributed by atoms with E-state index < -0.39 is 0 Å². The fourth-order valence-electron chi connectivity index (χ4n) is 4.35. The molecule has 0 saturated heterocycles. The number of benzene rings is 1. The summed E-state index contributed by atoms with van der Waals surface area (Å²) in [6.45, 7) is 5.31. The second-order valence-electron chi connectivity index (χ2n) is 8.88. The molecule has 0 radical (unpaired) electrons. The van der Waals surface area contributed by atoms with Crippen LogP contribution < -0.4 is 5.69 Å². The summed E-state index contributed by atoms with van der Waals surface area (Å²) in [7, 11) is 1.66. The van der Waals surface area contributed by atoms with Gasteiger partial charge in [-0.15, -0.1) is 0 Å². The molecular weight excluding hydrogens is 428 g/mol. The van der Waals surface area contributed by atoms with Gasteiger partial charge in [-0.2, -0.15) is 0 Å². The molecule has 1 fully saturated rings. The Morgan fingerprint density at radius 1 is 1.18 bits per heavy atom. The standard InChI is InChI=1S/C20H18N4O.C7H14O2/c1-13-16-5-3-2-4-14(16)10-22-17(13)12-23-19-11-21-9-8-18(19)24(20(23)25)15-6-7-15;1-3-7(4-5-8)6-9-2/h2-5,8-11,15H,6-7,12H2,1H3;5,7H,3-4,6H2,1-2H3. The largest absolute Gasteiger partial charge is 0.384 e. The number of hydrogen-bond donors (Lipinski definition) is 0. The Hall–Kier alpha value is -3.32. The topological polar surface area (TPSA) is 79.0 Å². The average Bonchev–Trinajstić information content (AvgIpc) is 3.66. The number of imidazole rings is 1. The fourth-order valence-corrected chi connectivity index (χ4v) is 4.35. The van der Waals surface area contributed by atoms with Gasteiger partial charge in [-0.05, 0) is 42.7 Å². The summed E-state index contributed by atoms with van der Waals surface area (Å²) in [5.41, 5.74) is 3.95. The van der Waals surface area contributed by atoms with Gasteiger partial charge in [0.2, 0.25) is 0 Å². The van der Waals surface area contributed by atoms with Crippen molar-refractivity contribution in [3.8, 4) is 0 Å². The van der Waals surface area contributed by atoms with Gasteiger partial charge < -0.3 is 9.53 Å². The number of carbonyl (C=O) groups excluding carboxylic acids is 1. The Bertz CT molecular complexity index is 1340. The molecule has 0 N–H and O–H groups in total. The number of hydrogen-bond acceptors (Lipinski definition) is 5. The monoisotopic (exact) mass is 460 g/mol. The molecule has 3 aromatic heterocycles. The van der Waals surface area contributed by atoms with Gasteiger partial charge in [0.05, 0.1) is 29.5 Å². The lowest BCUT2D eigenvalue weighted by Gasteiger charge is -2.09. The van der Waals surface area contributed by atoms with Gasteiger partial charge in [0, 0.05) is 44.0 Å². The highest BCUT2D eigenvalue weighted by Crippen LogP contribution is 2.36. The summed E-state index contributed by atoms with van der Waals surface area (Å²) in [5.74, 6) is 0.424. The van der Waals surface area contributed by atoms with Crippen molar-refractivity contribution in [2.75, 3.05) is 13.7 Å². The minimum absolute atomic E-state index is 0.0415. The Morgan fingerprint density at radius 2 is 1.97 bits per heavy atom. The number of aryl methyl sites for hydroxylation is 1. The second-order valence-corrected chi connectivity index (χ2v) is 8.88. The van der Waals surface area contributed by atoms with E-state index >= 15 is 0 Å². The highest BCUT2D eigenvalue weighted by Gasteiger charge is 2.29. The van der Waals surface area contributed by atoms with Crippen LogP contribution >= 0.6 is 0 Å². The van der Waals surface area contributed by atoms with Crippen molar-refractivity contribution in [1.29, 1.82) is 0 Å². The first-order valence-electron chi connectivity index (χ1n) is 11.9. The van der Waals surface area contributed by atoms with E-state index in [0.29, 0.717) is 31.5 Å². The zero-order valence-electron chi connectivity index (χ0n) is 20.1. The molecule has 0 bridgehead atoms. The second kappa shape index (κ2) is 10.7. The van der Waals surface area contributed by atoms with Gasteiger partial charge in [-0.25, -0.2) is 4.79 Å². The molecule has 3 heterocycles. The minimum atomic E-state index is 0.0415. The molecular formula is C27H32N4O3. The van der Waals surface area contributed by atoms with Crippen LogP contribution in [0.3, 0.4) is 0 Å². The number of carbonyl (C=O) groups is 1. The SMILES string of the molecule is CCC(CC=O)COC.Cc1c(Cn2c(=O)n(C3CC3)c3ccncc32)ncc2ccccc12. The third kappa shape index (κ3) is 4.94. The first kappa shape index (κ1) is 23.8. The van der Waals surface area contributed by atoms with Crippen molar-refractivity contribution in [3.05, 3.63) is 70.7 Å². The minimum Gasteiger partial charge on any atom is -0.384 e. The maximum atomic E-state index is 13.0. The van der Waals surface area contributed by atoms with Crippen molar-refractivity contribution >= 4 is 28.1 Å². The van der Waals surface area contributed by atoms with Crippen molar-refractivity contribution < 1.29 is 9.53 Å². The fraction of sp³-hybridized carbons (Fsp3) is 0.407. The Balaban J connectivity index is 0.000000262. The summed E-state index contributed by atoms with van der Waals surface area (Å²) in [5, 5.41) is 2.31. The molecule has 0 aliphatic heterocycles. The zero-order chi connectivity index (χ0) is 24.1. The maximum absolute atomic E-state index is 13.0. The van der Waals surface area contributed by atoms with Crippen molar-refractivity contribution in [3.63, 3.8) is 0 Å². The lowest BCUT2D eigenvalue weighted by atomic mass is 10.1. The normalized spacial score (nSPS) is 14.1. The predicted octanol–water partition coefficient (Wildman–Crippen LogP) is 4.69. The molecule has 5 rings (SSSR count). The van der Waals surface area contributed by atoms with Crippen LogP contribution in [-0.4, -0.2) is 39.1 Å². The molecule has 7 heteroatoms. The smallest absolute Gasteiger partial charge is 0.329 e. The van der Waals surface area contributed by atoms with Crippen LogP contribution in [0.5, 0.6) is 0 Å². The first-order valence-corrected chi connectivity index (χ1v) is 11.9. The third-order valence-electron chi connectivity index (χ3n) is 6.55. The van der Waals surface area contributed by atoms with Gasteiger partial charge in [0.15, 0.2) is 0 Å². The third-order valence-corrected chi connectivity index (χ3v) is 6.55. The number of fused-ring (bicyclic) bond motifs is 2. The van der Waals surface area contributed by atoms with E-state index in [0.717, 1.165) is 53.2 Å². The first-order chi connectivity index (χ1) is 16.6. The molecule has 34 heavy (non-hydrogen) atoms. The number of nitrogens with zero attached hydrogens (tertiary/aromatic N) is 4. The summed E-state index contributed by atoms with van der Waals surface area (Å²) in [6.07, 6.45) is 10.2. The van der Waals surface area contributed by atoms with Crippen LogP contribution in [0.15, 0.2) is 53.7 Å². The molecule has 1 atom stereocenters. The van der Waals surface area contributed by atoms with Crippen molar-refractivity contribution in [1.82, 2.24) is 19.1 Å². The molecule has 1 aromatic carbocycles. The lowest BCUT2D eigenvalue weighted by molar-refractivity contribution is -0.109. The molecule has 4 aromatic rings. The Morgan fingerprint density at radius 3 is 2.68 bits per heavy atom. The van der Waals surface area contributed by atoms with Gasteiger partial charge in [0.1, 0.15) is 6.29 Å². The molecule has 1 aliphatic rings. The molecule has 1 saturated carbocycles. The predicted molar refractivity (Wildman–Crippen MR) is 134 cm³/mol. The van der Waals surface area contributed by atoms with E-state index in [9.17, 15) is 9.59 Å². The van der Waals surface area contributed by atoms with Gasteiger partial charge in [0.25, 0.3) is 0 Å². The Labute approximate surface area is 199 Å². The van der Waals surface area contributed by atoms with Gasteiger partial charge in [-0.1, -0.05) is 37.6 Å². The highest BCUT2D eigenvalue weighted by atomic mass is 16.5. The lowest BCUT2D eigenvalue weighted by Crippen LogP contribution is -2.24. The highest BCUT2D eigenvalue weighted by molar-refractivity contribution is 5.85. The molecule has 0 spiro atoms. The quantitative estimate of drug-likeness (QED) is 0.357. The van der Waals surface area contributed by atoms with E-state index in [1.807, 2.05) is 33.5 Å². The van der Waals surface area contributed by atoms with Crippen molar-refractivity contribution in [2.24, 2.45) is 5.92 Å². The number of pyridine rings is 2. The number of methoxy groups -OCH3 is 1. The summed E-state index contributed by atoms with van der Waals surface area (Å²) >= 11 is 0. The van der Waals surface area contributed by atoms with Gasteiger partial charge in [-0.3, -0.25) is 19.1 Å². The number of ether oxygens (including phenoxy) is 1. The van der Waals surface area contributed by atoms with Crippen LogP contribution in [0.1, 0.15) is 49.9 Å². The molecule has 7 nitrogen and oxygen atoms in total. The summed E-state index contributed by atoms with van der Waals surface area (Å²) in [4.78, 5) is 31.9. The van der Waals surface area contributed by atoms with E-state index in [1.165, 1.54) is 5.39 Å². The van der Waals surface area contributed by atoms with E-state index in [-0.39, 0.29) is 5.69 Å². The van der Waals surface area contributed by atoms with E-state index in [4.69, 9.17) is 4.74 Å². The average molecular weight is 461 g/mol. The number of aromatic nitrogens is 4. The van der Waals surface area contributed by atoms with E-state index in [2.05, 4.69) is 35.9 Å². The summed E-state index contributed by atoms with van der Waals surface area (Å²) < 4.78 is 8.62. The molecule has 0 amide bonds. The zero-order valence-corrected chi connectivity index (χ0v) is 20.1. The van der Waals surface area contributed by atoms with Gasteiger partial charge >= 0.3 is 5.69 Å². The maximum Gasteiger partial charge on any atom is 0.329 e. The van der Waals surface area contributed by atoms with Crippen LogP contribution in [0, 0.1) is 12.8 Å². The summed E-state index contributed by atoms with van der Waals surface area (Å²) in [6, 6.07) is 10.5. The van der Waals surface area contributed by atoms with Crippen LogP contribution in [0.4, 0.5) is 0 Å². The molecule has 178 valence electrons. The van der Waals surface area contributed by atoms with Crippen molar-refractivity contribution in [2.45, 2.75) is 52.1 Å². The Kier molecular flexibility index (Phi) is 7.53. The number of aldehydes is 1. The molecule has 1 unspecified atom stereocenters. The van der Waals surface area contributed by atoms with Crippen LogP contribution in [-0.2, 0) is 16.1 Å². The van der Waals surface area contributed by atoms with E-state index in [1.54, 1.807) is 19.5 Å². The van der Waals surface area contributed by atoms with Crippen LogP contribution in [0.2, 0.25) is 0 Å². The van der Waals surface area contributed by atoms with Crippen LogP contribution in [0.25, 0.3) is 21.8 Å².